The SMILES string of the molecule is CCN1CCC(CNCC(=O)Nc2cccc(F)c2)C1. The zero-order valence-corrected chi connectivity index (χ0v) is 11.9. The highest BCUT2D eigenvalue weighted by Gasteiger charge is 2.20. The molecule has 1 amide bonds. The molecule has 1 aliphatic rings. The van der Waals surface area contributed by atoms with Crippen LogP contribution in [0, 0.1) is 11.7 Å². The van der Waals surface area contributed by atoms with Gasteiger partial charge in [-0.05, 0) is 50.2 Å². The normalized spacial score (nSPS) is 19.2. The second kappa shape index (κ2) is 7.36. The Kier molecular flexibility index (Phi) is 5.49. The van der Waals surface area contributed by atoms with Gasteiger partial charge < -0.3 is 15.5 Å². The number of amides is 1. The van der Waals surface area contributed by atoms with Gasteiger partial charge in [0.2, 0.25) is 5.91 Å². The van der Waals surface area contributed by atoms with Gasteiger partial charge >= 0.3 is 0 Å². The van der Waals surface area contributed by atoms with Crippen molar-refractivity contribution in [2.24, 2.45) is 5.92 Å². The summed E-state index contributed by atoms with van der Waals surface area (Å²) in [5.74, 6) is 0.138. The molecule has 1 unspecified atom stereocenters. The number of nitrogens with one attached hydrogen (secondary N) is 2. The molecular formula is C15H22FN3O. The molecule has 1 aliphatic heterocycles. The summed E-state index contributed by atoms with van der Waals surface area (Å²) in [6, 6.07) is 5.93. The summed E-state index contributed by atoms with van der Waals surface area (Å²) in [5, 5.41) is 5.85. The molecule has 1 heterocycles. The summed E-state index contributed by atoms with van der Waals surface area (Å²) in [4.78, 5) is 14.1. The maximum absolute atomic E-state index is 13.0. The first-order valence-electron chi connectivity index (χ1n) is 7.16. The lowest BCUT2D eigenvalue weighted by atomic mass is 10.1. The second-order valence-electron chi connectivity index (χ2n) is 5.24. The van der Waals surface area contributed by atoms with E-state index in [1.807, 2.05) is 0 Å². The number of likely N-dealkylation sites (tertiary alicyclic amines) is 1. The van der Waals surface area contributed by atoms with Crippen molar-refractivity contribution in [2.45, 2.75) is 13.3 Å². The van der Waals surface area contributed by atoms with Crippen molar-refractivity contribution in [3.8, 4) is 0 Å². The standard InChI is InChI=1S/C15H22FN3O/c1-2-19-7-6-12(11-19)9-17-10-15(20)18-14-5-3-4-13(16)8-14/h3-5,8,12,17H,2,6-7,9-11H2,1H3,(H,18,20). The van der Waals surface area contributed by atoms with Crippen molar-refractivity contribution in [1.82, 2.24) is 10.2 Å². The van der Waals surface area contributed by atoms with E-state index in [-0.39, 0.29) is 18.3 Å². The molecular weight excluding hydrogens is 257 g/mol. The van der Waals surface area contributed by atoms with Crippen LogP contribution in [0.1, 0.15) is 13.3 Å². The molecule has 5 heteroatoms. The predicted octanol–water partition coefficient (Wildman–Crippen LogP) is 1.70. The third kappa shape index (κ3) is 4.58. The number of benzene rings is 1. The Labute approximate surface area is 119 Å². The van der Waals surface area contributed by atoms with Gasteiger partial charge in [0.25, 0.3) is 0 Å². The van der Waals surface area contributed by atoms with Crippen LogP contribution in [0.5, 0.6) is 0 Å². The van der Waals surface area contributed by atoms with Gasteiger partial charge in [-0.15, -0.1) is 0 Å². The fourth-order valence-corrected chi connectivity index (χ4v) is 2.53. The number of hydrogen-bond donors (Lipinski definition) is 2. The molecule has 2 N–H and O–H groups in total. The average molecular weight is 279 g/mol. The molecule has 0 spiro atoms. The molecule has 0 saturated carbocycles. The molecule has 0 aromatic heterocycles. The first-order chi connectivity index (χ1) is 9.67. The Bertz CT molecular complexity index is 452. The van der Waals surface area contributed by atoms with Crippen LogP contribution in [0.4, 0.5) is 10.1 Å². The van der Waals surface area contributed by atoms with Gasteiger partial charge in [0, 0.05) is 12.2 Å². The average Bonchev–Trinajstić information content (AvgIpc) is 2.86. The maximum Gasteiger partial charge on any atom is 0.238 e. The maximum atomic E-state index is 13.0. The highest BCUT2D eigenvalue weighted by atomic mass is 19.1. The largest absolute Gasteiger partial charge is 0.325 e. The van der Waals surface area contributed by atoms with Gasteiger partial charge in [-0.2, -0.15) is 0 Å². The molecule has 1 saturated heterocycles. The first-order valence-corrected chi connectivity index (χ1v) is 7.16. The monoisotopic (exact) mass is 279 g/mol. The molecule has 0 radical (unpaired) electrons. The van der Waals surface area contributed by atoms with E-state index in [0.29, 0.717) is 11.6 Å². The minimum Gasteiger partial charge on any atom is -0.325 e. The minimum absolute atomic E-state index is 0.138. The molecule has 1 aromatic carbocycles. The molecule has 0 aliphatic carbocycles. The van der Waals surface area contributed by atoms with Crippen LogP contribution < -0.4 is 10.6 Å². The van der Waals surface area contributed by atoms with E-state index in [0.717, 1.165) is 26.2 Å². The lowest BCUT2D eigenvalue weighted by molar-refractivity contribution is -0.115. The summed E-state index contributed by atoms with van der Waals surface area (Å²) < 4.78 is 13.0. The predicted molar refractivity (Wildman–Crippen MR) is 78.1 cm³/mol. The zero-order chi connectivity index (χ0) is 14.4. The van der Waals surface area contributed by atoms with Gasteiger partial charge in [-0.1, -0.05) is 13.0 Å². The molecule has 0 bridgehead atoms. The number of anilines is 1. The molecule has 1 fully saturated rings. The van der Waals surface area contributed by atoms with Gasteiger partial charge in [-0.3, -0.25) is 4.79 Å². The smallest absolute Gasteiger partial charge is 0.238 e. The number of halogens is 1. The highest BCUT2D eigenvalue weighted by Crippen LogP contribution is 2.14. The van der Waals surface area contributed by atoms with Gasteiger partial charge in [0.1, 0.15) is 5.82 Å². The van der Waals surface area contributed by atoms with Crippen molar-refractivity contribution >= 4 is 11.6 Å². The number of rotatable bonds is 6. The third-order valence-corrected chi connectivity index (χ3v) is 3.64. The number of hydrogen-bond acceptors (Lipinski definition) is 3. The van der Waals surface area contributed by atoms with Crippen molar-refractivity contribution in [1.29, 1.82) is 0 Å². The summed E-state index contributed by atoms with van der Waals surface area (Å²) in [7, 11) is 0. The Balaban J connectivity index is 1.66. The lowest BCUT2D eigenvalue weighted by Crippen LogP contribution is -2.32. The van der Waals surface area contributed by atoms with E-state index in [1.165, 1.54) is 18.6 Å². The topological polar surface area (TPSA) is 44.4 Å². The van der Waals surface area contributed by atoms with Crippen molar-refractivity contribution in [3.05, 3.63) is 30.1 Å². The van der Waals surface area contributed by atoms with Gasteiger partial charge in [-0.25, -0.2) is 4.39 Å². The Morgan fingerprint density at radius 1 is 1.50 bits per heavy atom. The summed E-state index contributed by atoms with van der Waals surface area (Å²) >= 11 is 0. The number of carbonyl (C=O) groups excluding carboxylic acids is 1. The van der Waals surface area contributed by atoms with E-state index in [1.54, 1.807) is 12.1 Å². The molecule has 2 rings (SSSR count). The van der Waals surface area contributed by atoms with Crippen molar-refractivity contribution in [2.75, 3.05) is 38.0 Å². The summed E-state index contributed by atoms with van der Waals surface area (Å²) in [6.07, 6.45) is 1.19. The highest BCUT2D eigenvalue weighted by molar-refractivity contribution is 5.92. The molecule has 20 heavy (non-hydrogen) atoms. The minimum atomic E-state index is -0.346. The second-order valence-corrected chi connectivity index (χ2v) is 5.24. The van der Waals surface area contributed by atoms with E-state index in [2.05, 4.69) is 22.5 Å². The van der Waals surface area contributed by atoms with Crippen LogP contribution >= 0.6 is 0 Å². The molecule has 1 atom stereocenters. The third-order valence-electron chi connectivity index (χ3n) is 3.64. The Morgan fingerprint density at radius 2 is 2.35 bits per heavy atom. The lowest BCUT2D eigenvalue weighted by Gasteiger charge is -2.13. The van der Waals surface area contributed by atoms with Gasteiger partial charge in [0.05, 0.1) is 6.54 Å². The summed E-state index contributed by atoms with van der Waals surface area (Å²) in [5.41, 5.74) is 0.495. The Morgan fingerprint density at radius 3 is 3.05 bits per heavy atom. The fraction of sp³-hybridized carbons (Fsp3) is 0.533. The van der Waals surface area contributed by atoms with Crippen LogP contribution in [-0.4, -0.2) is 43.5 Å². The molecule has 4 nitrogen and oxygen atoms in total. The van der Waals surface area contributed by atoms with E-state index < -0.39 is 0 Å². The van der Waals surface area contributed by atoms with E-state index in [9.17, 15) is 9.18 Å². The summed E-state index contributed by atoms with van der Waals surface area (Å²) in [6.45, 7) is 6.64. The fourth-order valence-electron chi connectivity index (χ4n) is 2.53. The zero-order valence-electron chi connectivity index (χ0n) is 11.9. The van der Waals surface area contributed by atoms with Crippen LogP contribution in [0.15, 0.2) is 24.3 Å². The van der Waals surface area contributed by atoms with E-state index in [4.69, 9.17) is 0 Å². The van der Waals surface area contributed by atoms with Crippen LogP contribution in [0.2, 0.25) is 0 Å². The van der Waals surface area contributed by atoms with Crippen molar-refractivity contribution < 1.29 is 9.18 Å². The van der Waals surface area contributed by atoms with E-state index >= 15 is 0 Å². The molecule has 110 valence electrons. The van der Waals surface area contributed by atoms with Crippen LogP contribution in [0.25, 0.3) is 0 Å². The van der Waals surface area contributed by atoms with Crippen LogP contribution in [0.3, 0.4) is 0 Å². The van der Waals surface area contributed by atoms with Crippen LogP contribution in [-0.2, 0) is 4.79 Å². The van der Waals surface area contributed by atoms with Gasteiger partial charge in [0.15, 0.2) is 0 Å². The quantitative estimate of drug-likeness (QED) is 0.833. The van der Waals surface area contributed by atoms with Crippen molar-refractivity contribution in [3.63, 3.8) is 0 Å². The number of carbonyl (C=O) groups is 1. The molecule has 1 aromatic rings. The Hall–Kier alpha value is -1.46. The first kappa shape index (κ1) is 14.9. The number of nitrogens with zero attached hydrogens (tertiary/aromatic N) is 1.